The van der Waals surface area contributed by atoms with Crippen LogP contribution in [0.25, 0.3) is 11.0 Å². The molecule has 0 saturated carbocycles. The Hall–Kier alpha value is -3.08. The van der Waals surface area contributed by atoms with Crippen LogP contribution in [0.3, 0.4) is 0 Å². The SMILES string of the molecule is COc1cc2c(cc1OC)C(c1cc3ccccc3oc1=O)=NCC2. The van der Waals surface area contributed by atoms with Gasteiger partial charge in [-0.05, 0) is 36.2 Å². The second-order valence-electron chi connectivity index (χ2n) is 5.83. The number of methoxy groups -OCH3 is 2. The molecule has 0 spiro atoms. The zero-order valence-electron chi connectivity index (χ0n) is 14.0. The third-order valence-electron chi connectivity index (χ3n) is 4.41. The van der Waals surface area contributed by atoms with E-state index in [4.69, 9.17) is 13.9 Å². The van der Waals surface area contributed by atoms with E-state index >= 15 is 0 Å². The Kier molecular flexibility index (Phi) is 3.76. The van der Waals surface area contributed by atoms with E-state index in [-0.39, 0.29) is 5.63 Å². The Labute approximate surface area is 144 Å². The largest absolute Gasteiger partial charge is 0.493 e. The van der Waals surface area contributed by atoms with Gasteiger partial charge in [-0.3, -0.25) is 4.99 Å². The van der Waals surface area contributed by atoms with Crippen LogP contribution in [-0.2, 0) is 6.42 Å². The van der Waals surface area contributed by atoms with Crippen molar-refractivity contribution in [3.05, 3.63) is 69.6 Å². The molecule has 0 saturated heterocycles. The molecule has 0 bridgehead atoms. The van der Waals surface area contributed by atoms with Crippen molar-refractivity contribution in [3.63, 3.8) is 0 Å². The van der Waals surface area contributed by atoms with E-state index in [1.165, 1.54) is 0 Å². The van der Waals surface area contributed by atoms with Crippen molar-refractivity contribution < 1.29 is 13.9 Å². The highest BCUT2D eigenvalue weighted by Crippen LogP contribution is 2.33. The summed E-state index contributed by atoms with van der Waals surface area (Å²) in [6.45, 7) is 0.615. The van der Waals surface area contributed by atoms with Gasteiger partial charge in [0.15, 0.2) is 11.5 Å². The molecule has 0 amide bonds. The van der Waals surface area contributed by atoms with E-state index in [1.54, 1.807) is 20.3 Å². The molecule has 0 radical (unpaired) electrons. The molecular formula is C20H17NO4. The summed E-state index contributed by atoms with van der Waals surface area (Å²) >= 11 is 0. The Morgan fingerprint density at radius 3 is 2.56 bits per heavy atom. The molecule has 0 N–H and O–H groups in total. The predicted molar refractivity (Wildman–Crippen MR) is 96.2 cm³/mol. The number of ether oxygens (including phenoxy) is 2. The Balaban J connectivity index is 1.92. The maximum Gasteiger partial charge on any atom is 0.345 e. The zero-order chi connectivity index (χ0) is 17.4. The fraction of sp³-hybridized carbons (Fsp3) is 0.200. The molecular weight excluding hydrogens is 318 g/mol. The summed E-state index contributed by atoms with van der Waals surface area (Å²) in [6, 6.07) is 13.1. The van der Waals surface area contributed by atoms with E-state index in [1.807, 2.05) is 36.4 Å². The Morgan fingerprint density at radius 2 is 1.76 bits per heavy atom. The highest BCUT2D eigenvalue weighted by Gasteiger charge is 2.22. The molecule has 4 rings (SSSR count). The van der Waals surface area contributed by atoms with Gasteiger partial charge in [0, 0.05) is 17.5 Å². The summed E-state index contributed by atoms with van der Waals surface area (Å²) in [5.41, 5.74) is 3.25. The Bertz CT molecular complexity index is 1050. The highest BCUT2D eigenvalue weighted by molar-refractivity contribution is 6.15. The minimum Gasteiger partial charge on any atom is -0.493 e. The zero-order valence-corrected chi connectivity index (χ0v) is 14.0. The molecule has 5 nitrogen and oxygen atoms in total. The van der Waals surface area contributed by atoms with Crippen LogP contribution in [0.4, 0.5) is 0 Å². The van der Waals surface area contributed by atoms with Crippen molar-refractivity contribution in [2.45, 2.75) is 6.42 Å². The van der Waals surface area contributed by atoms with Crippen LogP contribution in [0.1, 0.15) is 16.7 Å². The summed E-state index contributed by atoms with van der Waals surface area (Å²) in [4.78, 5) is 17.1. The number of nitrogens with zero attached hydrogens (tertiary/aromatic N) is 1. The summed E-state index contributed by atoms with van der Waals surface area (Å²) in [7, 11) is 3.20. The summed E-state index contributed by atoms with van der Waals surface area (Å²) < 4.78 is 16.3. The number of fused-ring (bicyclic) bond motifs is 2. The van der Waals surface area contributed by atoms with Gasteiger partial charge >= 0.3 is 5.63 Å². The highest BCUT2D eigenvalue weighted by atomic mass is 16.5. The molecule has 25 heavy (non-hydrogen) atoms. The van der Waals surface area contributed by atoms with Crippen molar-refractivity contribution in [2.75, 3.05) is 20.8 Å². The quantitative estimate of drug-likeness (QED) is 0.690. The smallest absolute Gasteiger partial charge is 0.345 e. The van der Waals surface area contributed by atoms with Crippen molar-refractivity contribution in [2.24, 2.45) is 4.99 Å². The maximum atomic E-state index is 12.5. The average Bonchev–Trinajstić information content (AvgIpc) is 2.65. The van der Waals surface area contributed by atoms with Gasteiger partial charge in [0.2, 0.25) is 0 Å². The fourth-order valence-electron chi connectivity index (χ4n) is 3.18. The topological polar surface area (TPSA) is 61.0 Å². The molecule has 5 heteroatoms. The van der Waals surface area contributed by atoms with Gasteiger partial charge in [-0.2, -0.15) is 0 Å². The van der Waals surface area contributed by atoms with Gasteiger partial charge in [-0.1, -0.05) is 18.2 Å². The van der Waals surface area contributed by atoms with Crippen molar-refractivity contribution in [1.29, 1.82) is 0 Å². The first-order chi connectivity index (χ1) is 12.2. The number of rotatable bonds is 3. The lowest BCUT2D eigenvalue weighted by molar-refractivity contribution is 0.354. The molecule has 0 aliphatic carbocycles. The van der Waals surface area contributed by atoms with Crippen molar-refractivity contribution in [1.82, 2.24) is 0 Å². The molecule has 0 unspecified atom stereocenters. The minimum atomic E-state index is -0.389. The second kappa shape index (κ2) is 6.09. The minimum absolute atomic E-state index is 0.389. The van der Waals surface area contributed by atoms with Crippen LogP contribution in [0.15, 0.2) is 56.7 Å². The van der Waals surface area contributed by atoms with Crippen LogP contribution in [0.5, 0.6) is 11.5 Å². The third kappa shape index (κ3) is 2.58. The van der Waals surface area contributed by atoms with Crippen LogP contribution < -0.4 is 15.1 Å². The first-order valence-corrected chi connectivity index (χ1v) is 8.04. The fourth-order valence-corrected chi connectivity index (χ4v) is 3.18. The lowest BCUT2D eigenvalue weighted by atomic mass is 9.93. The molecule has 1 aromatic heterocycles. The van der Waals surface area contributed by atoms with E-state index in [0.29, 0.717) is 34.9 Å². The summed E-state index contributed by atoms with van der Waals surface area (Å²) in [5, 5.41) is 0.868. The van der Waals surface area contributed by atoms with Gasteiger partial charge in [-0.15, -0.1) is 0 Å². The number of aliphatic imine (C=N–C) groups is 1. The molecule has 3 aromatic rings. The van der Waals surface area contributed by atoms with Gasteiger partial charge in [0.1, 0.15) is 5.58 Å². The molecule has 2 aromatic carbocycles. The van der Waals surface area contributed by atoms with E-state index in [9.17, 15) is 4.79 Å². The lowest BCUT2D eigenvalue weighted by Gasteiger charge is -2.19. The number of hydrogen-bond acceptors (Lipinski definition) is 5. The van der Waals surface area contributed by atoms with E-state index < -0.39 is 0 Å². The van der Waals surface area contributed by atoms with Crippen molar-refractivity contribution >= 4 is 16.7 Å². The van der Waals surface area contributed by atoms with Crippen LogP contribution >= 0.6 is 0 Å². The monoisotopic (exact) mass is 335 g/mol. The van der Waals surface area contributed by atoms with Crippen molar-refractivity contribution in [3.8, 4) is 11.5 Å². The Morgan fingerprint density at radius 1 is 1.00 bits per heavy atom. The second-order valence-corrected chi connectivity index (χ2v) is 5.83. The molecule has 1 aliphatic heterocycles. The summed E-state index contributed by atoms with van der Waals surface area (Å²) in [6.07, 6.45) is 0.790. The first-order valence-electron chi connectivity index (χ1n) is 8.04. The van der Waals surface area contributed by atoms with E-state index in [0.717, 1.165) is 22.9 Å². The normalized spacial score (nSPS) is 13.3. The summed E-state index contributed by atoms with van der Waals surface area (Å²) in [5.74, 6) is 1.29. The average molecular weight is 335 g/mol. The molecule has 1 aliphatic rings. The number of para-hydroxylation sites is 1. The van der Waals surface area contributed by atoms with Crippen LogP contribution in [0.2, 0.25) is 0 Å². The standard InChI is InChI=1S/C20H17NO4/c1-23-17-10-12-7-8-21-19(14(12)11-18(17)24-2)15-9-13-5-3-4-6-16(13)25-20(15)22/h3-6,9-11H,7-8H2,1-2H3. The molecule has 0 atom stereocenters. The van der Waals surface area contributed by atoms with E-state index in [2.05, 4.69) is 4.99 Å². The molecule has 2 heterocycles. The lowest BCUT2D eigenvalue weighted by Crippen LogP contribution is -2.21. The molecule has 126 valence electrons. The van der Waals surface area contributed by atoms with Crippen LogP contribution in [0, 0.1) is 0 Å². The van der Waals surface area contributed by atoms with Gasteiger partial charge in [0.05, 0.1) is 25.5 Å². The van der Waals surface area contributed by atoms with Gasteiger partial charge in [-0.25, -0.2) is 4.79 Å². The maximum absolute atomic E-state index is 12.5. The first kappa shape index (κ1) is 15.4. The van der Waals surface area contributed by atoms with Crippen LogP contribution in [-0.4, -0.2) is 26.5 Å². The number of benzene rings is 2. The predicted octanol–water partition coefficient (Wildman–Crippen LogP) is 3.20. The number of hydrogen-bond donors (Lipinski definition) is 0. The third-order valence-corrected chi connectivity index (χ3v) is 4.41. The molecule has 0 fully saturated rings. The van der Waals surface area contributed by atoms with Gasteiger partial charge < -0.3 is 13.9 Å². The van der Waals surface area contributed by atoms with Gasteiger partial charge in [0.25, 0.3) is 0 Å².